The predicted octanol–water partition coefficient (Wildman–Crippen LogP) is 1.23. The molecule has 1 amide bonds. The molecule has 3 unspecified atom stereocenters. The van der Waals surface area contributed by atoms with Gasteiger partial charge in [-0.3, -0.25) is 4.79 Å². The first-order valence-corrected chi connectivity index (χ1v) is 6.19. The first-order valence-electron chi connectivity index (χ1n) is 6.19. The summed E-state index contributed by atoms with van der Waals surface area (Å²) in [4.78, 5) is 13.4. The third-order valence-electron chi connectivity index (χ3n) is 3.35. The third-order valence-corrected chi connectivity index (χ3v) is 3.35. The van der Waals surface area contributed by atoms with E-state index >= 15 is 0 Å². The van der Waals surface area contributed by atoms with E-state index in [0.29, 0.717) is 12.1 Å². The molecule has 0 aromatic rings. The van der Waals surface area contributed by atoms with E-state index in [1.54, 1.807) is 19.0 Å². The van der Waals surface area contributed by atoms with Gasteiger partial charge in [0.15, 0.2) is 0 Å². The summed E-state index contributed by atoms with van der Waals surface area (Å²) in [5.74, 6) is 0.130. The Balaban J connectivity index is 2.54. The first-order chi connectivity index (χ1) is 7.43. The minimum absolute atomic E-state index is 0.130. The van der Waals surface area contributed by atoms with E-state index in [1.165, 1.54) is 19.3 Å². The monoisotopic (exact) mass is 227 g/mol. The quantitative estimate of drug-likeness (QED) is 0.787. The molecule has 0 aliphatic carbocycles. The molecule has 1 aliphatic heterocycles. The van der Waals surface area contributed by atoms with Crippen LogP contribution in [0.4, 0.5) is 0 Å². The summed E-state index contributed by atoms with van der Waals surface area (Å²) in [6.45, 7) is 6.36. The Morgan fingerprint density at radius 3 is 2.25 bits per heavy atom. The van der Waals surface area contributed by atoms with Crippen molar-refractivity contribution in [3.8, 4) is 0 Å². The number of hydrogen-bond acceptors (Lipinski definition) is 3. The number of carbonyl (C=O) groups is 1. The highest BCUT2D eigenvalue weighted by atomic mass is 16.2. The second-order valence-electron chi connectivity index (χ2n) is 5.12. The molecular formula is C12H25N3O. The molecule has 3 atom stereocenters. The topological polar surface area (TPSA) is 35.6 Å². The van der Waals surface area contributed by atoms with E-state index in [4.69, 9.17) is 0 Å². The molecule has 0 spiro atoms. The van der Waals surface area contributed by atoms with Crippen LogP contribution in [0.25, 0.3) is 0 Å². The minimum Gasteiger partial charge on any atom is -0.347 e. The van der Waals surface area contributed by atoms with Crippen LogP contribution in [0, 0.1) is 0 Å². The number of hydrazine groups is 1. The maximum Gasteiger partial charge on any atom is 0.240 e. The molecule has 4 heteroatoms. The largest absolute Gasteiger partial charge is 0.347 e. The average Bonchev–Trinajstić information content (AvgIpc) is 2.22. The van der Waals surface area contributed by atoms with E-state index in [1.807, 2.05) is 6.92 Å². The Hall–Kier alpha value is -0.610. The average molecular weight is 227 g/mol. The lowest BCUT2D eigenvalue weighted by molar-refractivity contribution is -0.133. The number of likely N-dealkylation sites (N-methyl/N-ethyl adjacent to an activating group) is 1. The van der Waals surface area contributed by atoms with Gasteiger partial charge in [-0.15, -0.1) is 0 Å². The van der Waals surface area contributed by atoms with E-state index in [-0.39, 0.29) is 11.9 Å². The SMILES string of the molecule is CC(NN1C(C)CCCC1C)C(=O)N(C)C. The molecule has 1 N–H and O–H groups in total. The Bertz CT molecular complexity index is 232. The predicted molar refractivity (Wildman–Crippen MR) is 65.9 cm³/mol. The van der Waals surface area contributed by atoms with Gasteiger partial charge in [-0.25, -0.2) is 10.4 Å². The highest BCUT2D eigenvalue weighted by molar-refractivity contribution is 5.80. The van der Waals surface area contributed by atoms with Crippen molar-refractivity contribution >= 4 is 5.91 Å². The van der Waals surface area contributed by atoms with Crippen molar-refractivity contribution in [3.63, 3.8) is 0 Å². The zero-order valence-corrected chi connectivity index (χ0v) is 11.2. The first kappa shape index (κ1) is 13.5. The van der Waals surface area contributed by atoms with Gasteiger partial charge in [0.25, 0.3) is 0 Å². The molecule has 4 nitrogen and oxygen atoms in total. The third kappa shape index (κ3) is 3.19. The van der Waals surface area contributed by atoms with Crippen molar-refractivity contribution in [2.24, 2.45) is 0 Å². The highest BCUT2D eigenvalue weighted by Gasteiger charge is 2.27. The van der Waals surface area contributed by atoms with Gasteiger partial charge in [0.05, 0.1) is 6.04 Å². The molecule has 1 heterocycles. The van der Waals surface area contributed by atoms with Gasteiger partial charge >= 0.3 is 0 Å². The molecule has 0 bridgehead atoms. The second kappa shape index (κ2) is 5.64. The fourth-order valence-corrected chi connectivity index (χ4v) is 2.34. The molecule has 1 aliphatic rings. The van der Waals surface area contributed by atoms with E-state index in [9.17, 15) is 4.79 Å². The van der Waals surface area contributed by atoms with Gasteiger partial charge in [0, 0.05) is 26.2 Å². The summed E-state index contributed by atoms with van der Waals surface area (Å²) in [6, 6.07) is 0.889. The number of amides is 1. The van der Waals surface area contributed by atoms with E-state index < -0.39 is 0 Å². The van der Waals surface area contributed by atoms with Gasteiger partial charge in [0.2, 0.25) is 5.91 Å². The van der Waals surface area contributed by atoms with Crippen LogP contribution in [0.1, 0.15) is 40.0 Å². The van der Waals surface area contributed by atoms with E-state index in [2.05, 4.69) is 24.3 Å². The van der Waals surface area contributed by atoms with Crippen molar-refractivity contribution in [2.45, 2.75) is 58.2 Å². The normalized spacial score (nSPS) is 28.8. The Kier molecular flexibility index (Phi) is 4.74. The molecule has 94 valence electrons. The van der Waals surface area contributed by atoms with Gasteiger partial charge in [-0.2, -0.15) is 0 Å². The Labute approximate surface area is 98.9 Å². The summed E-state index contributed by atoms with van der Waals surface area (Å²) >= 11 is 0. The van der Waals surface area contributed by atoms with E-state index in [0.717, 1.165) is 0 Å². The maximum absolute atomic E-state index is 11.8. The molecule has 16 heavy (non-hydrogen) atoms. The molecule has 1 fully saturated rings. The van der Waals surface area contributed by atoms with Crippen LogP contribution in [0.15, 0.2) is 0 Å². The van der Waals surface area contributed by atoms with Gasteiger partial charge in [-0.05, 0) is 33.6 Å². The fourth-order valence-electron chi connectivity index (χ4n) is 2.34. The van der Waals surface area contributed by atoms with Crippen molar-refractivity contribution in [2.75, 3.05) is 14.1 Å². The zero-order chi connectivity index (χ0) is 12.3. The number of nitrogens with one attached hydrogen (secondary N) is 1. The van der Waals surface area contributed by atoms with Crippen LogP contribution in [0.3, 0.4) is 0 Å². The van der Waals surface area contributed by atoms with Crippen molar-refractivity contribution in [3.05, 3.63) is 0 Å². The number of carbonyl (C=O) groups excluding carboxylic acids is 1. The zero-order valence-electron chi connectivity index (χ0n) is 11.2. The Morgan fingerprint density at radius 2 is 1.81 bits per heavy atom. The lowest BCUT2D eigenvalue weighted by atomic mass is 10.00. The summed E-state index contributed by atoms with van der Waals surface area (Å²) in [7, 11) is 3.59. The number of hydrogen-bond donors (Lipinski definition) is 1. The summed E-state index contributed by atoms with van der Waals surface area (Å²) in [6.07, 6.45) is 3.71. The molecule has 0 saturated carbocycles. The molecular weight excluding hydrogens is 202 g/mol. The van der Waals surface area contributed by atoms with Crippen molar-refractivity contribution in [1.29, 1.82) is 0 Å². The second-order valence-corrected chi connectivity index (χ2v) is 5.12. The molecule has 0 aromatic carbocycles. The van der Waals surface area contributed by atoms with Gasteiger partial charge in [-0.1, -0.05) is 6.42 Å². The maximum atomic E-state index is 11.8. The molecule has 0 radical (unpaired) electrons. The number of rotatable bonds is 3. The van der Waals surface area contributed by atoms with Crippen LogP contribution in [0.5, 0.6) is 0 Å². The summed E-state index contributed by atoms with van der Waals surface area (Å²) < 4.78 is 0. The number of piperidine rings is 1. The van der Waals surface area contributed by atoms with Crippen LogP contribution in [-0.2, 0) is 4.79 Å². The van der Waals surface area contributed by atoms with Gasteiger partial charge < -0.3 is 4.90 Å². The summed E-state index contributed by atoms with van der Waals surface area (Å²) in [5.41, 5.74) is 3.34. The van der Waals surface area contributed by atoms with Crippen LogP contribution in [-0.4, -0.2) is 48.0 Å². The number of nitrogens with zero attached hydrogens (tertiary/aromatic N) is 2. The van der Waals surface area contributed by atoms with Gasteiger partial charge in [0.1, 0.15) is 0 Å². The van der Waals surface area contributed by atoms with Crippen LogP contribution >= 0.6 is 0 Å². The lowest BCUT2D eigenvalue weighted by Gasteiger charge is -2.40. The smallest absolute Gasteiger partial charge is 0.240 e. The van der Waals surface area contributed by atoms with Crippen molar-refractivity contribution < 1.29 is 4.79 Å². The standard InChI is InChI=1S/C12H25N3O/c1-9-7-6-8-10(2)15(9)13-11(3)12(16)14(4)5/h9-11,13H,6-8H2,1-5H3. The van der Waals surface area contributed by atoms with Crippen LogP contribution in [0.2, 0.25) is 0 Å². The molecule has 1 rings (SSSR count). The Morgan fingerprint density at radius 1 is 1.31 bits per heavy atom. The molecule has 1 saturated heterocycles. The van der Waals surface area contributed by atoms with Crippen LogP contribution < -0.4 is 5.43 Å². The minimum atomic E-state index is -0.141. The summed E-state index contributed by atoms with van der Waals surface area (Å²) in [5, 5.41) is 2.25. The fraction of sp³-hybridized carbons (Fsp3) is 0.917. The van der Waals surface area contributed by atoms with Crippen molar-refractivity contribution in [1.82, 2.24) is 15.3 Å². The molecule has 0 aromatic heterocycles. The lowest BCUT2D eigenvalue weighted by Crippen LogP contribution is -2.57. The highest BCUT2D eigenvalue weighted by Crippen LogP contribution is 2.20.